The molecule has 2 aromatic carbocycles. The molecular formula is C27H30N6O5. The maximum atomic E-state index is 13.1. The molecule has 38 heavy (non-hydrogen) atoms. The molecule has 198 valence electrons. The van der Waals surface area contributed by atoms with Gasteiger partial charge in [-0.1, -0.05) is 54.5 Å². The Bertz CT molecular complexity index is 1390. The van der Waals surface area contributed by atoms with Crippen LogP contribution in [0.4, 0.5) is 0 Å². The summed E-state index contributed by atoms with van der Waals surface area (Å²) in [5, 5.41) is 17.8. The first-order valence-electron chi connectivity index (χ1n) is 12.2. The number of esters is 1. The van der Waals surface area contributed by atoms with Crippen LogP contribution in [0.2, 0.25) is 0 Å². The molecule has 1 aliphatic rings. The van der Waals surface area contributed by atoms with E-state index in [4.69, 9.17) is 20.7 Å². The number of aromatic amines is 1. The van der Waals surface area contributed by atoms with Crippen LogP contribution in [0.5, 0.6) is 0 Å². The van der Waals surface area contributed by atoms with E-state index < -0.39 is 24.0 Å². The molecule has 6 N–H and O–H groups in total. The summed E-state index contributed by atoms with van der Waals surface area (Å²) < 4.78 is 4.84. The van der Waals surface area contributed by atoms with E-state index in [1.807, 2.05) is 31.2 Å². The number of H-pyrrole nitrogens is 1. The van der Waals surface area contributed by atoms with Gasteiger partial charge in [0.15, 0.2) is 0 Å². The molecule has 1 aliphatic heterocycles. The van der Waals surface area contributed by atoms with Crippen molar-refractivity contribution in [2.75, 3.05) is 13.7 Å². The number of methoxy groups -OCH3 is 1. The molecular weight excluding hydrogens is 488 g/mol. The molecule has 0 radical (unpaired) electrons. The number of benzene rings is 2. The van der Waals surface area contributed by atoms with E-state index in [0.29, 0.717) is 29.8 Å². The van der Waals surface area contributed by atoms with Crippen molar-refractivity contribution in [1.82, 2.24) is 15.6 Å². The number of oxime groups is 1. The van der Waals surface area contributed by atoms with Crippen LogP contribution in [0.15, 0.2) is 53.7 Å². The number of carbonyl (C=O) groups is 3. The minimum atomic E-state index is -1.08. The summed E-state index contributed by atoms with van der Waals surface area (Å²) in [6.07, 6.45) is 0.591. The Balaban J connectivity index is 1.33. The topological polar surface area (TPSA) is 172 Å². The predicted octanol–water partition coefficient (Wildman–Crippen LogP) is 1.99. The van der Waals surface area contributed by atoms with E-state index in [1.165, 1.54) is 7.11 Å². The molecule has 2 amide bonds. The Morgan fingerprint density at radius 2 is 1.95 bits per heavy atom. The fourth-order valence-corrected chi connectivity index (χ4v) is 4.37. The van der Waals surface area contributed by atoms with Gasteiger partial charge in [0.1, 0.15) is 23.7 Å². The van der Waals surface area contributed by atoms with Gasteiger partial charge in [-0.3, -0.25) is 15.0 Å². The molecule has 2 unspecified atom stereocenters. The van der Waals surface area contributed by atoms with Crippen LogP contribution in [-0.4, -0.2) is 60.1 Å². The number of ether oxygens (including phenoxy) is 1. The highest BCUT2D eigenvalue weighted by atomic mass is 16.6. The maximum absolute atomic E-state index is 13.1. The summed E-state index contributed by atoms with van der Waals surface area (Å²) >= 11 is 0. The molecule has 3 aromatic rings. The van der Waals surface area contributed by atoms with Crippen LogP contribution in [0.1, 0.15) is 46.9 Å². The fraction of sp³-hybridized carbons (Fsp3) is 0.296. The van der Waals surface area contributed by atoms with Gasteiger partial charge in [0.25, 0.3) is 5.91 Å². The number of amidine groups is 1. The lowest BCUT2D eigenvalue weighted by molar-refractivity contribution is -0.142. The number of nitrogens with zero attached hydrogens (tertiary/aromatic N) is 1. The Morgan fingerprint density at radius 3 is 2.63 bits per heavy atom. The summed E-state index contributed by atoms with van der Waals surface area (Å²) in [4.78, 5) is 46.6. The van der Waals surface area contributed by atoms with E-state index in [1.54, 1.807) is 24.3 Å². The summed E-state index contributed by atoms with van der Waals surface area (Å²) in [6.45, 7) is 1.80. The van der Waals surface area contributed by atoms with Crippen molar-refractivity contribution in [2.24, 2.45) is 10.9 Å². The molecule has 0 spiro atoms. The lowest BCUT2D eigenvalue weighted by Crippen LogP contribution is -2.49. The largest absolute Gasteiger partial charge is 0.467 e. The predicted molar refractivity (Wildman–Crippen MR) is 142 cm³/mol. The third-order valence-electron chi connectivity index (χ3n) is 6.36. The third kappa shape index (κ3) is 5.83. The summed E-state index contributed by atoms with van der Waals surface area (Å²) in [5.74, 6) is -1.52. The lowest BCUT2D eigenvalue weighted by atomic mass is 10.0. The highest BCUT2D eigenvalue weighted by molar-refractivity contribution is 6.03. The van der Waals surface area contributed by atoms with E-state index in [9.17, 15) is 14.4 Å². The molecule has 1 aromatic heterocycles. The van der Waals surface area contributed by atoms with Crippen molar-refractivity contribution in [1.29, 1.82) is 5.41 Å². The number of nitrogens with one attached hydrogen (secondary N) is 4. The van der Waals surface area contributed by atoms with E-state index in [-0.39, 0.29) is 24.7 Å². The third-order valence-corrected chi connectivity index (χ3v) is 6.36. The molecule has 4 rings (SSSR count). The molecule has 0 fully saturated rings. The van der Waals surface area contributed by atoms with Gasteiger partial charge in [0.05, 0.1) is 19.2 Å². The number of amides is 2. The minimum absolute atomic E-state index is 0.0162. The number of rotatable bonds is 10. The number of nitrogen functional groups attached to an aromatic ring is 1. The van der Waals surface area contributed by atoms with E-state index >= 15 is 0 Å². The van der Waals surface area contributed by atoms with Gasteiger partial charge < -0.3 is 30.9 Å². The Kier molecular flexibility index (Phi) is 8.05. The van der Waals surface area contributed by atoms with Crippen LogP contribution in [-0.2, 0) is 25.6 Å². The molecule has 0 saturated carbocycles. The number of hydrogen-bond donors (Lipinski definition) is 5. The zero-order valence-electron chi connectivity index (χ0n) is 21.2. The smallest absolute Gasteiger partial charge is 0.330 e. The van der Waals surface area contributed by atoms with Gasteiger partial charge in [0.2, 0.25) is 5.91 Å². The monoisotopic (exact) mass is 518 g/mol. The van der Waals surface area contributed by atoms with Crippen molar-refractivity contribution in [3.05, 3.63) is 70.9 Å². The second-order valence-corrected chi connectivity index (χ2v) is 8.90. The van der Waals surface area contributed by atoms with Gasteiger partial charge in [-0.25, -0.2) is 4.79 Å². The number of hydrogen-bond acceptors (Lipinski definition) is 7. The first-order chi connectivity index (χ1) is 18.3. The van der Waals surface area contributed by atoms with Crippen molar-refractivity contribution in [3.63, 3.8) is 0 Å². The van der Waals surface area contributed by atoms with Crippen molar-refractivity contribution >= 4 is 40.2 Å². The van der Waals surface area contributed by atoms with Crippen LogP contribution in [0.3, 0.4) is 0 Å². The molecule has 11 nitrogen and oxygen atoms in total. The quantitative estimate of drug-likeness (QED) is 0.156. The first-order valence-corrected chi connectivity index (χ1v) is 12.2. The second kappa shape index (κ2) is 11.6. The Hall–Kier alpha value is -4.67. The van der Waals surface area contributed by atoms with Crippen molar-refractivity contribution in [3.8, 4) is 0 Å². The van der Waals surface area contributed by atoms with E-state index in [0.717, 1.165) is 22.0 Å². The highest BCUT2D eigenvalue weighted by Crippen LogP contribution is 2.23. The number of aryl methyl sites for hydroxylation is 1. The zero-order valence-corrected chi connectivity index (χ0v) is 21.2. The maximum Gasteiger partial charge on any atom is 0.330 e. The molecule has 0 bridgehead atoms. The summed E-state index contributed by atoms with van der Waals surface area (Å²) in [5.41, 5.74) is 9.63. The zero-order chi connectivity index (χ0) is 27.2. The van der Waals surface area contributed by atoms with Crippen LogP contribution in [0, 0.1) is 5.41 Å². The number of carbonyl (C=O) groups excluding carboxylic acids is 3. The number of fused-ring (bicyclic) bond motifs is 1. The van der Waals surface area contributed by atoms with Crippen LogP contribution >= 0.6 is 0 Å². The number of nitrogens with two attached hydrogens (primary N) is 1. The van der Waals surface area contributed by atoms with Crippen molar-refractivity contribution in [2.45, 2.75) is 38.3 Å². The molecule has 0 aliphatic carbocycles. The molecule has 11 heteroatoms. The van der Waals surface area contributed by atoms with Gasteiger partial charge in [-0.2, -0.15) is 0 Å². The summed E-state index contributed by atoms with van der Waals surface area (Å²) in [6, 6.07) is 13.5. The number of para-hydroxylation sites is 1. The SMILES string of the molecule is CCc1c(C(=O)NC(CNC(=O)CC2CC(c3ccc(C(=N)N)cc3)=NO2)C(=O)OC)[nH]c2ccccc12. The van der Waals surface area contributed by atoms with Crippen LogP contribution in [0.25, 0.3) is 10.9 Å². The molecule has 2 atom stereocenters. The Morgan fingerprint density at radius 1 is 1.21 bits per heavy atom. The van der Waals surface area contributed by atoms with Crippen molar-refractivity contribution < 1.29 is 24.0 Å². The second-order valence-electron chi connectivity index (χ2n) is 8.90. The molecule has 0 saturated heterocycles. The van der Waals surface area contributed by atoms with Gasteiger partial charge >= 0.3 is 5.97 Å². The van der Waals surface area contributed by atoms with Gasteiger partial charge in [-0.15, -0.1) is 0 Å². The normalized spacial score (nSPS) is 15.3. The molecule has 2 heterocycles. The number of aromatic nitrogens is 1. The Labute approximate surface area is 219 Å². The fourth-order valence-electron chi connectivity index (χ4n) is 4.37. The van der Waals surface area contributed by atoms with E-state index in [2.05, 4.69) is 20.8 Å². The van der Waals surface area contributed by atoms with Gasteiger partial charge in [-0.05, 0) is 23.6 Å². The first kappa shape index (κ1) is 26.4. The van der Waals surface area contributed by atoms with Gasteiger partial charge in [0, 0.05) is 29.4 Å². The lowest BCUT2D eigenvalue weighted by Gasteiger charge is -2.18. The standard InChI is InChI=1S/C27H30N6O5/c1-3-18-19-6-4-5-7-20(19)31-24(18)26(35)32-22(27(36)37-2)14-30-23(34)13-17-12-21(33-38-17)15-8-10-16(11-9-15)25(28)29/h4-11,17,22,31H,3,12-14H2,1-2H3,(H3,28,29)(H,30,34)(H,32,35). The van der Waals surface area contributed by atoms with Crippen LogP contribution < -0.4 is 16.4 Å². The average molecular weight is 519 g/mol. The summed E-state index contributed by atoms with van der Waals surface area (Å²) in [7, 11) is 1.22. The average Bonchev–Trinajstić information content (AvgIpc) is 3.55. The highest BCUT2D eigenvalue weighted by Gasteiger charge is 2.28. The minimum Gasteiger partial charge on any atom is -0.467 e.